The van der Waals surface area contributed by atoms with Crippen molar-refractivity contribution in [1.82, 2.24) is 0 Å². The number of hydrogen-bond acceptors (Lipinski definition) is 2. The maximum atomic E-state index is 12.6. The largest absolute Gasteiger partial charge is 0.304 e. The Morgan fingerprint density at radius 1 is 0.950 bits per heavy atom. The second kappa shape index (κ2) is 6.80. The van der Waals surface area contributed by atoms with Gasteiger partial charge in [-0.3, -0.25) is 4.79 Å². The summed E-state index contributed by atoms with van der Waals surface area (Å²) in [4.78, 5) is 12.6. The van der Waals surface area contributed by atoms with Gasteiger partial charge in [-0.25, -0.2) is 0 Å². The first-order chi connectivity index (χ1) is 9.74. The molecule has 0 aromatic heterocycles. The average Bonchev–Trinajstić information content (AvgIpc) is 2.53. The van der Waals surface area contributed by atoms with Crippen LogP contribution in [0.4, 0.5) is 0 Å². The first kappa shape index (κ1) is 14.2. The highest BCUT2D eigenvalue weighted by Gasteiger charge is 2.24. The maximum absolute atomic E-state index is 12.6. The van der Waals surface area contributed by atoms with Crippen molar-refractivity contribution in [2.24, 2.45) is 5.92 Å². The molecule has 1 N–H and O–H groups in total. The number of benzene rings is 2. The van der Waals surface area contributed by atoms with Crippen molar-refractivity contribution in [3.63, 3.8) is 0 Å². The van der Waals surface area contributed by atoms with E-state index in [1.165, 1.54) is 0 Å². The molecule has 0 fully saturated rings. The Labute approximate surface area is 120 Å². The summed E-state index contributed by atoms with van der Waals surface area (Å²) in [5.41, 5.74) is 1.93. The summed E-state index contributed by atoms with van der Waals surface area (Å²) in [6, 6.07) is 18.8. The summed E-state index contributed by atoms with van der Waals surface area (Å²) in [6.07, 6.45) is 1.60. The van der Waals surface area contributed by atoms with Crippen molar-refractivity contribution >= 4 is 11.5 Å². The van der Waals surface area contributed by atoms with Gasteiger partial charge in [0, 0.05) is 11.3 Å². The zero-order valence-electron chi connectivity index (χ0n) is 11.7. The number of carbonyl (C=O) groups is 1. The van der Waals surface area contributed by atoms with Gasteiger partial charge >= 0.3 is 0 Å². The molecule has 0 saturated carbocycles. The van der Waals surface area contributed by atoms with Crippen LogP contribution in [-0.2, 0) is 0 Å². The van der Waals surface area contributed by atoms with Gasteiger partial charge < -0.3 is 5.41 Å². The highest BCUT2D eigenvalue weighted by atomic mass is 16.1. The smallest absolute Gasteiger partial charge is 0.171 e. The van der Waals surface area contributed by atoms with Crippen LogP contribution in [0.5, 0.6) is 0 Å². The van der Waals surface area contributed by atoms with Crippen molar-refractivity contribution in [2.75, 3.05) is 0 Å². The summed E-state index contributed by atoms with van der Waals surface area (Å²) in [7, 11) is 0. The zero-order chi connectivity index (χ0) is 14.4. The van der Waals surface area contributed by atoms with Gasteiger partial charge in [0.05, 0.1) is 5.92 Å². The van der Waals surface area contributed by atoms with E-state index in [4.69, 9.17) is 5.41 Å². The lowest BCUT2D eigenvalue weighted by Gasteiger charge is -2.16. The van der Waals surface area contributed by atoms with E-state index in [2.05, 4.69) is 0 Å². The quantitative estimate of drug-likeness (QED) is 0.612. The minimum Gasteiger partial charge on any atom is -0.304 e. The molecule has 2 aromatic rings. The van der Waals surface area contributed by atoms with E-state index in [-0.39, 0.29) is 11.7 Å². The van der Waals surface area contributed by atoms with Crippen molar-refractivity contribution < 1.29 is 4.79 Å². The van der Waals surface area contributed by atoms with Gasteiger partial charge in [-0.1, -0.05) is 74.0 Å². The van der Waals surface area contributed by atoms with Gasteiger partial charge in [-0.15, -0.1) is 0 Å². The number of rotatable bonds is 6. The van der Waals surface area contributed by atoms with Crippen LogP contribution in [0.3, 0.4) is 0 Å². The van der Waals surface area contributed by atoms with E-state index in [1.54, 1.807) is 0 Å². The Balaban J connectivity index is 2.27. The third kappa shape index (κ3) is 3.21. The van der Waals surface area contributed by atoms with Gasteiger partial charge in [0.2, 0.25) is 0 Å². The van der Waals surface area contributed by atoms with Crippen LogP contribution in [0.15, 0.2) is 60.7 Å². The molecular formula is C18H19NO. The lowest BCUT2D eigenvalue weighted by atomic mass is 9.86. The first-order valence-electron chi connectivity index (χ1n) is 6.97. The third-order valence-electron chi connectivity index (χ3n) is 3.39. The number of ketones is 1. The Hall–Kier alpha value is -2.22. The van der Waals surface area contributed by atoms with Crippen molar-refractivity contribution in [1.29, 1.82) is 5.41 Å². The lowest BCUT2D eigenvalue weighted by molar-refractivity contribution is 0.0949. The molecule has 0 aliphatic rings. The molecule has 0 saturated heterocycles. The van der Waals surface area contributed by atoms with Crippen molar-refractivity contribution in [3.8, 4) is 0 Å². The minimum absolute atomic E-state index is 0.0429. The molecule has 1 unspecified atom stereocenters. The predicted octanol–water partition coefficient (Wildman–Crippen LogP) is 4.35. The Morgan fingerprint density at radius 3 is 1.95 bits per heavy atom. The normalized spacial score (nSPS) is 11.8. The molecule has 0 aliphatic heterocycles. The molecule has 0 radical (unpaired) electrons. The van der Waals surface area contributed by atoms with Crippen LogP contribution in [-0.4, -0.2) is 11.5 Å². The Bertz CT molecular complexity index is 523. The van der Waals surface area contributed by atoms with Gasteiger partial charge in [0.25, 0.3) is 0 Å². The minimum atomic E-state index is -0.357. The fraction of sp³-hybridized carbons (Fsp3) is 0.222. The summed E-state index contributed by atoms with van der Waals surface area (Å²) < 4.78 is 0. The van der Waals surface area contributed by atoms with Gasteiger partial charge in [0.15, 0.2) is 5.78 Å². The Kier molecular flexibility index (Phi) is 4.83. The first-order valence-corrected chi connectivity index (χ1v) is 6.97. The summed E-state index contributed by atoms with van der Waals surface area (Å²) >= 11 is 0. The maximum Gasteiger partial charge on any atom is 0.171 e. The van der Waals surface area contributed by atoms with E-state index in [9.17, 15) is 4.79 Å². The second-order valence-corrected chi connectivity index (χ2v) is 4.85. The van der Waals surface area contributed by atoms with Crippen LogP contribution in [0.25, 0.3) is 0 Å². The monoisotopic (exact) mass is 265 g/mol. The highest BCUT2D eigenvalue weighted by molar-refractivity contribution is 6.17. The molecule has 2 rings (SSSR count). The van der Waals surface area contributed by atoms with E-state index < -0.39 is 0 Å². The van der Waals surface area contributed by atoms with Gasteiger partial charge in [-0.2, -0.15) is 0 Å². The van der Waals surface area contributed by atoms with Crippen molar-refractivity contribution in [2.45, 2.75) is 19.8 Å². The van der Waals surface area contributed by atoms with Gasteiger partial charge in [-0.05, 0) is 12.0 Å². The third-order valence-corrected chi connectivity index (χ3v) is 3.39. The molecule has 2 heteroatoms. The number of hydrogen-bond donors (Lipinski definition) is 1. The predicted molar refractivity (Wildman–Crippen MR) is 82.4 cm³/mol. The summed E-state index contributed by atoms with van der Waals surface area (Å²) in [5.74, 6) is -0.314. The van der Waals surface area contributed by atoms with E-state index >= 15 is 0 Å². The molecule has 0 spiro atoms. The number of carbonyl (C=O) groups excluding carboxylic acids is 1. The fourth-order valence-electron chi connectivity index (χ4n) is 2.32. The van der Waals surface area contributed by atoms with Crippen LogP contribution in [0.1, 0.15) is 35.7 Å². The molecule has 0 aliphatic carbocycles. The zero-order valence-corrected chi connectivity index (χ0v) is 11.7. The number of Topliss-reactive ketones (excluding diaryl/α,β-unsaturated/α-hetero) is 1. The molecule has 1 atom stereocenters. The van der Waals surface area contributed by atoms with Crippen LogP contribution >= 0.6 is 0 Å². The van der Waals surface area contributed by atoms with Crippen LogP contribution < -0.4 is 0 Å². The summed E-state index contributed by atoms with van der Waals surface area (Å²) in [6.45, 7) is 2.05. The second-order valence-electron chi connectivity index (χ2n) is 4.85. The highest BCUT2D eigenvalue weighted by Crippen LogP contribution is 2.19. The SMILES string of the molecule is CCCC(C(=N)c1ccccc1)C(=O)c1ccccc1. The fourth-order valence-corrected chi connectivity index (χ4v) is 2.32. The summed E-state index contributed by atoms with van der Waals surface area (Å²) in [5, 5.41) is 8.35. The lowest BCUT2D eigenvalue weighted by Crippen LogP contribution is -2.24. The molecule has 0 heterocycles. The Morgan fingerprint density at radius 2 is 1.45 bits per heavy atom. The molecule has 0 amide bonds. The molecule has 20 heavy (non-hydrogen) atoms. The number of nitrogens with one attached hydrogen (secondary N) is 1. The standard InChI is InChI=1S/C18H19NO/c1-2-9-16(17(19)14-10-5-3-6-11-14)18(20)15-12-7-4-8-13-15/h3-8,10-13,16,19H,2,9H2,1H3. The van der Waals surface area contributed by atoms with Crippen LogP contribution in [0.2, 0.25) is 0 Å². The molecule has 2 aromatic carbocycles. The molecule has 2 nitrogen and oxygen atoms in total. The van der Waals surface area contributed by atoms with Crippen molar-refractivity contribution in [3.05, 3.63) is 71.8 Å². The molecular weight excluding hydrogens is 246 g/mol. The van der Waals surface area contributed by atoms with Crippen LogP contribution in [0, 0.1) is 11.3 Å². The van der Waals surface area contributed by atoms with E-state index in [0.717, 1.165) is 12.0 Å². The molecule has 102 valence electrons. The van der Waals surface area contributed by atoms with Gasteiger partial charge in [0.1, 0.15) is 0 Å². The average molecular weight is 265 g/mol. The van der Waals surface area contributed by atoms with E-state index in [0.29, 0.717) is 17.7 Å². The topological polar surface area (TPSA) is 40.9 Å². The molecule has 0 bridgehead atoms. The van der Waals surface area contributed by atoms with E-state index in [1.807, 2.05) is 67.6 Å².